The topological polar surface area (TPSA) is 134 Å². The van der Waals surface area contributed by atoms with Crippen LogP contribution in [0.2, 0.25) is 0 Å². The molecule has 0 bridgehead atoms. The van der Waals surface area contributed by atoms with Gasteiger partial charge >= 0.3 is 0 Å². The van der Waals surface area contributed by atoms with Crippen LogP contribution in [0.5, 0.6) is 0 Å². The Morgan fingerprint density at radius 2 is 1.82 bits per heavy atom. The Labute approximate surface area is 301 Å². The third-order valence-corrected chi connectivity index (χ3v) is 11.7. The van der Waals surface area contributed by atoms with E-state index >= 15 is 0 Å². The first kappa shape index (κ1) is 36.8. The fraction of sp³-hybridized carbons (Fsp3) is 0.538. The highest BCUT2D eigenvalue weighted by Crippen LogP contribution is 2.39. The monoisotopic (exact) mass is 717 g/mol. The van der Waals surface area contributed by atoms with Crippen molar-refractivity contribution in [3.8, 4) is 11.1 Å². The largest absolute Gasteiger partial charge is 0.377 e. The summed E-state index contributed by atoms with van der Waals surface area (Å²) in [6.45, 7) is 13.8. The normalized spacial score (nSPS) is 20.0. The SMILES string of the molecule is CCOCc1cc(CN2C(=O)C3(CCCN(C(=O)C4CCCC4)C3)N=C2CC(C)(C)C)ccc1-c1ccccc1S(=O)(=O)Nc1noc(C)c1C. The summed E-state index contributed by atoms with van der Waals surface area (Å²) in [7, 11) is -4.04. The van der Waals surface area contributed by atoms with E-state index in [0.29, 0.717) is 61.5 Å². The van der Waals surface area contributed by atoms with Gasteiger partial charge in [0.25, 0.3) is 15.9 Å². The summed E-state index contributed by atoms with van der Waals surface area (Å²) in [6.07, 6.45) is 5.99. The number of hydrogen-bond acceptors (Lipinski definition) is 8. The Bertz CT molecular complexity index is 1920. The number of nitrogens with zero attached hydrogens (tertiary/aromatic N) is 4. The van der Waals surface area contributed by atoms with E-state index in [1.54, 1.807) is 38.1 Å². The number of likely N-dealkylation sites (tertiary alicyclic amines) is 1. The Balaban J connectivity index is 1.31. The minimum absolute atomic E-state index is 0.0537. The number of amides is 2. The molecule has 1 saturated heterocycles. The van der Waals surface area contributed by atoms with E-state index in [0.717, 1.165) is 49.1 Å². The van der Waals surface area contributed by atoms with Crippen molar-refractivity contribution in [3.63, 3.8) is 0 Å². The second-order valence-electron chi connectivity index (χ2n) is 15.5. The van der Waals surface area contributed by atoms with Crippen molar-refractivity contribution in [3.05, 3.63) is 64.9 Å². The number of carbonyl (C=O) groups is 2. The number of anilines is 1. The summed E-state index contributed by atoms with van der Waals surface area (Å²) in [5, 5.41) is 3.90. The van der Waals surface area contributed by atoms with Crippen LogP contribution in [0.3, 0.4) is 0 Å². The van der Waals surface area contributed by atoms with E-state index in [-0.39, 0.29) is 40.5 Å². The molecule has 1 spiro atoms. The molecule has 6 rings (SSSR count). The van der Waals surface area contributed by atoms with Crippen molar-refractivity contribution in [2.24, 2.45) is 16.3 Å². The van der Waals surface area contributed by atoms with Gasteiger partial charge in [-0.25, -0.2) is 8.42 Å². The van der Waals surface area contributed by atoms with Crippen LogP contribution >= 0.6 is 0 Å². The number of hydrogen-bond donors (Lipinski definition) is 1. The van der Waals surface area contributed by atoms with Crippen LogP contribution in [0.15, 0.2) is 56.9 Å². The average Bonchev–Trinajstić information content (AvgIpc) is 3.80. The number of aliphatic imine (C=N–C) groups is 1. The summed E-state index contributed by atoms with van der Waals surface area (Å²) in [4.78, 5) is 37.0. The zero-order valence-electron chi connectivity index (χ0n) is 30.8. The van der Waals surface area contributed by atoms with E-state index in [9.17, 15) is 18.0 Å². The number of ether oxygens (including phenoxy) is 1. The maximum Gasteiger partial charge on any atom is 0.263 e. The lowest BCUT2D eigenvalue weighted by molar-refractivity contribution is -0.141. The third-order valence-electron chi connectivity index (χ3n) is 10.3. The molecule has 1 aliphatic carbocycles. The van der Waals surface area contributed by atoms with Crippen LogP contribution in [0.1, 0.15) is 95.1 Å². The van der Waals surface area contributed by atoms with Crippen molar-refractivity contribution in [1.82, 2.24) is 15.0 Å². The van der Waals surface area contributed by atoms with Gasteiger partial charge in [-0.05, 0) is 74.6 Å². The Morgan fingerprint density at radius 3 is 2.51 bits per heavy atom. The summed E-state index contributed by atoms with van der Waals surface area (Å²) < 4.78 is 41.2. The Kier molecular flexibility index (Phi) is 10.5. The number of nitrogens with one attached hydrogen (secondary N) is 1. The first-order valence-electron chi connectivity index (χ1n) is 18.2. The molecule has 0 radical (unpaired) electrons. The number of piperidine rings is 1. The molecule has 2 fully saturated rings. The molecule has 3 aliphatic rings. The van der Waals surface area contributed by atoms with Crippen molar-refractivity contribution < 1.29 is 27.3 Å². The van der Waals surface area contributed by atoms with Gasteiger partial charge < -0.3 is 14.2 Å². The average molecular weight is 718 g/mol. The zero-order chi connectivity index (χ0) is 36.6. The number of carbonyl (C=O) groups excluding carboxylic acids is 2. The molecular formula is C39H51N5O6S. The lowest BCUT2D eigenvalue weighted by Crippen LogP contribution is -2.55. The van der Waals surface area contributed by atoms with Gasteiger partial charge in [-0.3, -0.25) is 24.2 Å². The van der Waals surface area contributed by atoms with Crippen LogP contribution < -0.4 is 4.72 Å². The Hall–Kier alpha value is -4.03. The number of amidine groups is 1. The van der Waals surface area contributed by atoms with Crippen molar-refractivity contribution in [1.29, 1.82) is 0 Å². The molecule has 1 saturated carbocycles. The van der Waals surface area contributed by atoms with Crippen LogP contribution in [-0.4, -0.2) is 66.3 Å². The summed E-state index contributed by atoms with van der Waals surface area (Å²) in [6, 6.07) is 12.7. The smallest absolute Gasteiger partial charge is 0.263 e. The van der Waals surface area contributed by atoms with E-state index in [1.165, 1.54) is 0 Å². The molecule has 3 heterocycles. The molecule has 1 atom stereocenters. The molecule has 2 aliphatic heterocycles. The Morgan fingerprint density at radius 1 is 1.08 bits per heavy atom. The number of sulfonamides is 1. The molecule has 2 amide bonds. The molecule has 1 N–H and O–H groups in total. The molecular weight excluding hydrogens is 667 g/mol. The lowest BCUT2D eigenvalue weighted by Gasteiger charge is -2.38. The third kappa shape index (κ3) is 7.77. The van der Waals surface area contributed by atoms with E-state index in [1.807, 2.05) is 34.9 Å². The van der Waals surface area contributed by atoms with E-state index in [2.05, 4.69) is 30.6 Å². The minimum atomic E-state index is -4.04. The van der Waals surface area contributed by atoms with Gasteiger partial charge in [0.1, 0.15) is 11.6 Å². The van der Waals surface area contributed by atoms with Crippen LogP contribution in [0.4, 0.5) is 5.82 Å². The number of aromatic nitrogens is 1. The molecule has 12 heteroatoms. The van der Waals surface area contributed by atoms with Gasteiger partial charge in [0.2, 0.25) is 5.91 Å². The number of benzene rings is 2. The van der Waals surface area contributed by atoms with Gasteiger partial charge in [-0.2, -0.15) is 0 Å². The van der Waals surface area contributed by atoms with Crippen LogP contribution in [0.25, 0.3) is 11.1 Å². The molecule has 11 nitrogen and oxygen atoms in total. The maximum atomic E-state index is 14.5. The fourth-order valence-electron chi connectivity index (χ4n) is 7.56. The van der Waals surface area contributed by atoms with Gasteiger partial charge in [-0.1, -0.05) is 75.2 Å². The molecule has 274 valence electrons. The summed E-state index contributed by atoms with van der Waals surface area (Å²) in [5.41, 5.74) is 2.43. The standard InChI is InChI=1S/C39H51N5O6S/c1-7-49-24-30-21-28(17-18-31(30)32-15-10-11-16-33(32)51(47,48)42-35-26(2)27(3)50-41-35)23-44-34(22-38(4,5)6)40-39(37(44)46)19-12-20-43(25-39)36(45)29-13-8-9-14-29/h10-11,15-18,21,29H,7-9,12-14,19-20,22-25H2,1-6H3,(H,41,42). The van der Waals surface area contributed by atoms with E-state index < -0.39 is 15.6 Å². The van der Waals surface area contributed by atoms with E-state index in [4.69, 9.17) is 14.3 Å². The quantitative estimate of drug-likeness (QED) is 0.225. The summed E-state index contributed by atoms with van der Waals surface area (Å²) in [5.74, 6) is 1.61. The second-order valence-corrected chi connectivity index (χ2v) is 17.1. The van der Waals surface area contributed by atoms with Gasteiger partial charge in [0.05, 0.1) is 24.6 Å². The van der Waals surface area contributed by atoms with Crippen molar-refractivity contribution in [2.45, 2.75) is 110 Å². The predicted molar refractivity (Wildman–Crippen MR) is 197 cm³/mol. The maximum absolute atomic E-state index is 14.5. The minimum Gasteiger partial charge on any atom is -0.377 e. The van der Waals surface area contributed by atoms with Gasteiger partial charge in [-0.15, -0.1) is 0 Å². The first-order valence-corrected chi connectivity index (χ1v) is 19.6. The highest BCUT2D eigenvalue weighted by molar-refractivity contribution is 7.92. The van der Waals surface area contributed by atoms with Gasteiger partial charge in [0, 0.05) is 36.6 Å². The predicted octanol–water partition coefficient (Wildman–Crippen LogP) is 7.02. The highest BCUT2D eigenvalue weighted by atomic mass is 32.2. The first-order chi connectivity index (χ1) is 24.2. The zero-order valence-corrected chi connectivity index (χ0v) is 31.6. The van der Waals surface area contributed by atoms with Crippen LogP contribution in [0, 0.1) is 25.2 Å². The molecule has 51 heavy (non-hydrogen) atoms. The molecule has 1 aromatic heterocycles. The lowest BCUT2D eigenvalue weighted by atomic mass is 9.88. The second kappa shape index (κ2) is 14.5. The highest BCUT2D eigenvalue weighted by Gasteiger charge is 2.52. The van der Waals surface area contributed by atoms with Crippen molar-refractivity contribution in [2.75, 3.05) is 24.4 Å². The fourth-order valence-corrected chi connectivity index (χ4v) is 8.84. The molecule has 1 unspecified atom stereocenters. The van der Waals surface area contributed by atoms with Gasteiger partial charge in [0.15, 0.2) is 11.4 Å². The molecule has 3 aromatic rings. The molecule has 2 aromatic carbocycles. The van der Waals surface area contributed by atoms with Crippen molar-refractivity contribution >= 4 is 33.5 Å². The number of rotatable bonds is 11. The summed E-state index contributed by atoms with van der Waals surface area (Å²) >= 11 is 0. The number of aryl methyl sites for hydroxylation is 1. The van der Waals surface area contributed by atoms with Crippen LogP contribution in [-0.2, 0) is 37.5 Å².